The number of fused-ring (bicyclic) bond motifs is 1. The van der Waals surface area contributed by atoms with Crippen molar-refractivity contribution < 1.29 is 24.2 Å². The van der Waals surface area contributed by atoms with E-state index in [1.807, 2.05) is 18.2 Å². The lowest BCUT2D eigenvalue weighted by Gasteiger charge is -2.34. The number of methoxy groups -OCH3 is 1. The summed E-state index contributed by atoms with van der Waals surface area (Å²) in [5.41, 5.74) is 0.718. The molecular formula is C18H22N2O5S. The van der Waals surface area contributed by atoms with Gasteiger partial charge in [-0.25, -0.2) is 9.78 Å². The van der Waals surface area contributed by atoms with Crippen LogP contribution in [0.1, 0.15) is 29.1 Å². The molecular weight excluding hydrogens is 356 g/mol. The number of hydrogen-bond acceptors (Lipinski definition) is 7. The van der Waals surface area contributed by atoms with Crippen molar-refractivity contribution in [3.63, 3.8) is 0 Å². The van der Waals surface area contributed by atoms with E-state index in [9.17, 15) is 9.59 Å². The monoisotopic (exact) mass is 378 g/mol. The molecule has 7 nitrogen and oxygen atoms in total. The van der Waals surface area contributed by atoms with E-state index in [2.05, 4.69) is 9.88 Å². The van der Waals surface area contributed by atoms with Gasteiger partial charge in [-0.3, -0.25) is 9.69 Å². The molecule has 140 valence electrons. The molecule has 8 heteroatoms. The number of ether oxygens (including phenoxy) is 2. The second kappa shape index (κ2) is 8.57. The number of nitrogens with zero attached hydrogens (tertiary/aromatic N) is 2. The summed E-state index contributed by atoms with van der Waals surface area (Å²) in [6.45, 7) is 1.33. The van der Waals surface area contributed by atoms with E-state index in [4.69, 9.17) is 14.6 Å². The number of aromatic nitrogens is 1. The van der Waals surface area contributed by atoms with Gasteiger partial charge in [0, 0.05) is 6.54 Å². The molecule has 1 aromatic carbocycles. The van der Waals surface area contributed by atoms with Crippen LogP contribution >= 0.6 is 11.3 Å². The topological polar surface area (TPSA) is 89.0 Å². The molecule has 1 fully saturated rings. The standard InChI is InChI=1S/C18H22N2O5S/c1-24-13-6-4-7-14-16(13)19-18(26-14)17(23)12-5-2-3-8-20(12)9-10-25-11-15(21)22/h4,6-7,12H,2-3,5,8-11H2,1H3,(H,21,22). The van der Waals surface area contributed by atoms with E-state index in [0.29, 0.717) is 23.9 Å². The normalized spacial score (nSPS) is 18.1. The molecule has 0 spiro atoms. The highest BCUT2D eigenvalue weighted by Gasteiger charge is 2.31. The summed E-state index contributed by atoms with van der Waals surface area (Å²) < 4.78 is 11.4. The van der Waals surface area contributed by atoms with Gasteiger partial charge in [0.25, 0.3) is 0 Å². The number of Topliss-reactive ketones (excluding diaryl/α,β-unsaturated/α-hetero) is 1. The van der Waals surface area contributed by atoms with Crippen LogP contribution in [0.2, 0.25) is 0 Å². The molecule has 1 saturated heterocycles. The molecule has 1 aliphatic rings. The Labute approximate surface area is 155 Å². The number of likely N-dealkylation sites (tertiary alicyclic amines) is 1. The van der Waals surface area contributed by atoms with Crippen LogP contribution in [0.4, 0.5) is 0 Å². The molecule has 0 bridgehead atoms. The number of carbonyl (C=O) groups excluding carboxylic acids is 1. The quantitative estimate of drug-likeness (QED) is 0.557. The number of hydrogen-bond donors (Lipinski definition) is 1. The van der Waals surface area contributed by atoms with E-state index < -0.39 is 5.97 Å². The maximum absolute atomic E-state index is 13.1. The molecule has 1 aromatic heterocycles. The van der Waals surface area contributed by atoms with E-state index >= 15 is 0 Å². The number of ketones is 1. The van der Waals surface area contributed by atoms with Crippen LogP contribution in [0.15, 0.2) is 18.2 Å². The molecule has 1 N–H and O–H groups in total. The lowest BCUT2D eigenvalue weighted by Crippen LogP contribution is -2.46. The number of carboxylic acids is 1. The van der Waals surface area contributed by atoms with Gasteiger partial charge in [-0.05, 0) is 31.5 Å². The average Bonchev–Trinajstić information content (AvgIpc) is 3.09. The van der Waals surface area contributed by atoms with Crippen LogP contribution in [-0.2, 0) is 9.53 Å². The third-order valence-electron chi connectivity index (χ3n) is 4.48. The molecule has 0 saturated carbocycles. The van der Waals surface area contributed by atoms with Crippen molar-refractivity contribution in [3.05, 3.63) is 23.2 Å². The Morgan fingerprint density at radius 1 is 1.38 bits per heavy atom. The first kappa shape index (κ1) is 18.8. The van der Waals surface area contributed by atoms with Gasteiger partial charge in [-0.2, -0.15) is 0 Å². The molecule has 1 aliphatic heterocycles. The summed E-state index contributed by atoms with van der Waals surface area (Å²) in [4.78, 5) is 30.2. The fraction of sp³-hybridized carbons (Fsp3) is 0.500. The fourth-order valence-corrected chi connectivity index (χ4v) is 4.20. The van der Waals surface area contributed by atoms with Crippen LogP contribution in [-0.4, -0.2) is 66.2 Å². The molecule has 1 atom stereocenters. The Balaban J connectivity index is 1.73. The van der Waals surface area contributed by atoms with Crippen LogP contribution < -0.4 is 4.74 Å². The number of carboxylic acid groups (broad SMARTS) is 1. The molecule has 0 radical (unpaired) electrons. The minimum absolute atomic E-state index is 0.0196. The number of aliphatic carboxylic acids is 1. The molecule has 2 aromatic rings. The number of carbonyl (C=O) groups is 2. The predicted octanol–water partition coefficient (Wildman–Crippen LogP) is 2.44. The summed E-state index contributed by atoms with van der Waals surface area (Å²) >= 11 is 1.39. The lowest BCUT2D eigenvalue weighted by atomic mass is 9.98. The van der Waals surface area contributed by atoms with Crippen molar-refractivity contribution in [3.8, 4) is 5.75 Å². The van der Waals surface area contributed by atoms with Gasteiger partial charge < -0.3 is 14.6 Å². The van der Waals surface area contributed by atoms with Crippen molar-refractivity contribution in [2.24, 2.45) is 0 Å². The minimum Gasteiger partial charge on any atom is -0.494 e. The zero-order valence-electron chi connectivity index (χ0n) is 14.6. The van der Waals surface area contributed by atoms with Crippen molar-refractivity contribution >= 4 is 33.3 Å². The number of para-hydroxylation sites is 1. The number of benzene rings is 1. The molecule has 0 amide bonds. The number of rotatable bonds is 8. The Morgan fingerprint density at radius 3 is 3.00 bits per heavy atom. The SMILES string of the molecule is COc1cccc2sc(C(=O)C3CCCCN3CCOCC(=O)O)nc12. The highest BCUT2D eigenvalue weighted by Crippen LogP contribution is 2.31. The zero-order valence-corrected chi connectivity index (χ0v) is 15.5. The van der Waals surface area contributed by atoms with E-state index in [0.717, 1.165) is 36.0 Å². The molecule has 3 rings (SSSR count). The first-order chi connectivity index (χ1) is 12.6. The highest BCUT2D eigenvalue weighted by atomic mass is 32.1. The summed E-state index contributed by atoms with van der Waals surface area (Å²) in [6.07, 6.45) is 2.80. The van der Waals surface area contributed by atoms with Gasteiger partial charge in [-0.1, -0.05) is 12.5 Å². The van der Waals surface area contributed by atoms with Crippen molar-refractivity contribution in [2.75, 3.05) is 33.4 Å². The number of thiazole rings is 1. The summed E-state index contributed by atoms with van der Waals surface area (Å²) in [5.74, 6) is -0.300. The van der Waals surface area contributed by atoms with Crippen LogP contribution in [0.25, 0.3) is 10.2 Å². The van der Waals surface area contributed by atoms with Crippen molar-refractivity contribution in [1.82, 2.24) is 9.88 Å². The largest absolute Gasteiger partial charge is 0.494 e. The lowest BCUT2D eigenvalue weighted by molar-refractivity contribution is -0.142. The van der Waals surface area contributed by atoms with Crippen molar-refractivity contribution in [2.45, 2.75) is 25.3 Å². The second-order valence-corrected chi connectivity index (χ2v) is 7.21. The number of piperidine rings is 1. The van der Waals surface area contributed by atoms with Gasteiger partial charge >= 0.3 is 5.97 Å². The Bertz CT molecular complexity index is 791. The van der Waals surface area contributed by atoms with Crippen molar-refractivity contribution in [1.29, 1.82) is 0 Å². The first-order valence-electron chi connectivity index (χ1n) is 8.61. The van der Waals surface area contributed by atoms with Crippen LogP contribution in [0, 0.1) is 0 Å². The van der Waals surface area contributed by atoms with Gasteiger partial charge in [-0.15, -0.1) is 11.3 Å². The van der Waals surface area contributed by atoms with Crippen LogP contribution in [0.3, 0.4) is 0 Å². The van der Waals surface area contributed by atoms with Gasteiger partial charge in [0.1, 0.15) is 17.9 Å². The average molecular weight is 378 g/mol. The van der Waals surface area contributed by atoms with Gasteiger partial charge in [0.2, 0.25) is 5.78 Å². The first-order valence-corrected chi connectivity index (χ1v) is 9.43. The molecule has 1 unspecified atom stereocenters. The fourth-order valence-electron chi connectivity index (χ4n) is 3.23. The van der Waals surface area contributed by atoms with E-state index in [1.54, 1.807) is 7.11 Å². The second-order valence-electron chi connectivity index (χ2n) is 6.18. The Kier molecular flexibility index (Phi) is 6.18. The Hall–Kier alpha value is -2.03. The summed E-state index contributed by atoms with van der Waals surface area (Å²) in [7, 11) is 1.59. The summed E-state index contributed by atoms with van der Waals surface area (Å²) in [6, 6.07) is 5.43. The van der Waals surface area contributed by atoms with E-state index in [-0.39, 0.29) is 18.4 Å². The Morgan fingerprint density at radius 2 is 2.23 bits per heavy atom. The minimum atomic E-state index is -0.986. The van der Waals surface area contributed by atoms with Crippen LogP contribution in [0.5, 0.6) is 5.75 Å². The maximum Gasteiger partial charge on any atom is 0.329 e. The van der Waals surface area contributed by atoms with Gasteiger partial charge in [0.05, 0.1) is 24.5 Å². The third kappa shape index (κ3) is 4.20. The predicted molar refractivity (Wildman–Crippen MR) is 98.2 cm³/mol. The van der Waals surface area contributed by atoms with E-state index in [1.165, 1.54) is 11.3 Å². The smallest absolute Gasteiger partial charge is 0.329 e. The maximum atomic E-state index is 13.1. The highest BCUT2D eigenvalue weighted by molar-refractivity contribution is 7.20. The molecule has 26 heavy (non-hydrogen) atoms. The third-order valence-corrected chi connectivity index (χ3v) is 5.51. The summed E-state index contributed by atoms with van der Waals surface area (Å²) in [5, 5.41) is 9.13. The van der Waals surface area contributed by atoms with Gasteiger partial charge in [0.15, 0.2) is 5.01 Å². The zero-order chi connectivity index (χ0) is 18.5. The molecule has 0 aliphatic carbocycles. The molecule has 2 heterocycles.